The molecule has 1 N–H and O–H groups in total. The summed E-state index contributed by atoms with van der Waals surface area (Å²) in [7, 11) is 0. The second-order valence-electron chi connectivity index (χ2n) is 2.94. The van der Waals surface area contributed by atoms with Crippen LogP contribution in [0.15, 0.2) is 0 Å². The minimum atomic E-state index is -0.112. The second-order valence-corrected chi connectivity index (χ2v) is 2.94. The van der Waals surface area contributed by atoms with E-state index >= 15 is 0 Å². The van der Waals surface area contributed by atoms with Crippen LogP contribution in [0, 0.1) is 5.92 Å². The van der Waals surface area contributed by atoms with E-state index < -0.39 is 0 Å². The molecule has 2 atom stereocenters. The van der Waals surface area contributed by atoms with Gasteiger partial charge < -0.3 is 5.11 Å². The largest absolute Gasteiger partial charge is 0.393 e. The van der Waals surface area contributed by atoms with Gasteiger partial charge in [-0.1, -0.05) is 20.3 Å². The Labute approximate surface area is 74.4 Å². The Morgan fingerprint density at radius 3 is 2.00 bits per heavy atom. The molecule has 2 unspecified atom stereocenters. The molecule has 0 fully saturated rings. The number of aliphatic hydroxyl groups is 1. The quantitative estimate of drug-likeness (QED) is 0.718. The van der Waals surface area contributed by atoms with E-state index in [1.54, 1.807) is 0 Å². The van der Waals surface area contributed by atoms with Crippen LogP contribution in [0.3, 0.4) is 0 Å². The first kappa shape index (κ1) is 13.1. The molecule has 0 bridgehead atoms. The fourth-order valence-corrected chi connectivity index (χ4v) is 0.730. The second kappa shape index (κ2) is 7.57. The first-order valence-corrected chi connectivity index (χ1v) is 3.84. The molecule has 0 spiro atoms. The molecule has 1 nitrogen and oxygen atoms in total. The predicted molar refractivity (Wildman–Crippen MR) is 40.4 cm³/mol. The monoisotopic (exact) mass is 189 g/mol. The standard InChI is InChI=1S/C8H18O.Co/c1-4-7(2)5-6-8(3)9;/h7-9H,4-6H2,1-3H3;. The van der Waals surface area contributed by atoms with Crippen molar-refractivity contribution in [2.45, 2.75) is 46.1 Å². The topological polar surface area (TPSA) is 20.2 Å². The third-order valence-corrected chi connectivity index (χ3v) is 1.77. The number of hydrogen-bond donors (Lipinski definition) is 1. The number of aliphatic hydroxyl groups excluding tert-OH is 1. The molecule has 0 saturated carbocycles. The Morgan fingerprint density at radius 1 is 1.20 bits per heavy atom. The SMILES string of the molecule is CCC(C)CCC(C)O.[Co]. The van der Waals surface area contributed by atoms with Gasteiger partial charge in [-0.15, -0.1) is 0 Å². The zero-order valence-electron chi connectivity index (χ0n) is 7.06. The Kier molecular flexibility index (Phi) is 9.91. The Hall–Kier alpha value is 0.466. The molecule has 0 saturated heterocycles. The van der Waals surface area contributed by atoms with Crippen LogP contribution < -0.4 is 0 Å². The molecule has 0 aliphatic carbocycles. The minimum Gasteiger partial charge on any atom is -0.393 e. The van der Waals surface area contributed by atoms with Gasteiger partial charge >= 0.3 is 0 Å². The van der Waals surface area contributed by atoms with E-state index in [1.165, 1.54) is 6.42 Å². The fraction of sp³-hybridized carbons (Fsp3) is 1.00. The average Bonchev–Trinajstić information content (AvgIpc) is 1.83. The molecule has 0 rings (SSSR count). The van der Waals surface area contributed by atoms with Crippen LogP contribution in [-0.4, -0.2) is 11.2 Å². The predicted octanol–water partition coefficient (Wildman–Crippen LogP) is 2.19. The minimum absolute atomic E-state index is 0. The van der Waals surface area contributed by atoms with E-state index in [0.29, 0.717) is 0 Å². The summed E-state index contributed by atoms with van der Waals surface area (Å²) < 4.78 is 0. The molecule has 10 heavy (non-hydrogen) atoms. The van der Waals surface area contributed by atoms with Crippen LogP contribution >= 0.6 is 0 Å². The Balaban J connectivity index is 0. The Bertz CT molecular complexity index is 64.3. The van der Waals surface area contributed by atoms with Crippen molar-refractivity contribution < 1.29 is 21.9 Å². The van der Waals surface area contributed by atoms with Gasteiger partial charge in [-0.05, 0) is 25.7 Å². The van der Waals surface area contributed by atoms with E-state index in [0.717, 1.165) is 18.8 Å². The zero-order chi connectivity index (χ0) is 7.28. The van der Waals surface area contributed by atoms with Gasteiger partial charge in [-0.25, -0.2) is 0 Å². The fourth-order valence-electron chi connectivity index (χ4n) is 0.730. The van der Waals surface area contributed by atoms with E-state index in [1.807, 2.05) is 6.92 Å². The van der Waals surface area contributed by atoms with Crippen LogP contribution in [0.1, 0.15) is 40.0 Å². The molecule has 0 heterocycles. The molecule has 0 aromatic heterocycles. The molecule has 0 aromatic rings. The molecule has 1 radical (unpaired) electrons. The van der Waals surface area contributed by atoms with E-state index in [2.05, 4.69) is 13.8 Å². The van der Waals surface area contributed by atoms with Gasteiger partial charge in [0, 0.05) is 16.8 Å². The van der Waals surface area contributed by atoms with Crippen LogP contribution in [0.25, 0.3) is 0 Å². The number of rotatable bonds is 4. The van der Waals surface area contributed by atoms with Crippen molar-refractivity contribution in [3.05, 3.63) is 0 Å². The van der Waals surface area contributed by atoms with Crippen molar-refractivity contribution in [2.75, 3.05) is 0 Å². The van der Waals surface area contributed by atoms with E-state index in [-0.39, 0.29) is 22.9 Å². The van der Waals surface area contributed by atoms with Crippen molar-refractivity contribution in [3.8, 4) is 0 Å². The maximum atomic E-state index is 8.90. The van der Waals surface area contributed by atoms with Gasteiger partial charge in [-0.2, -0.15) is 0 Å². The Morgan fingerprint density at radius 2 is 1.70 bits per heavy atom. The van der Waals surface area contributed by atoms with Gasteiger partial charge in [0.05, 0.1) is 6.10 Å². The van der Waals surface area contributed by atoms with Gasteiger partial charge in [-0.3, -0.25) is 0 Å². The van der Waals surface area contributed by atoms with E-state index in [9.17, 15) is 0 Å². The van der Waals surface area contributed by atoms with Crippen molar-refractivity contribution >= 4 is 0 Å². The maximum Gasteiger partial charge on any atom is 0.0512 e. The first-order valence-electron chi connectivity index (χ1n) is 3.84. The van der Waals surface area contributed by atoms with Gasteiger partial charge in [0.2, 0.25) is 0 Å². The average molecular weight is 189 g/mol. The third-order valence-electron chi connectivity index (χ3n) is 1.77. The summed E-state index contributed by atoms with van der Waals surface area (Å²) in [6.07, 6.45) is 3.23. The van der Waals surface area contributed by atoms with Gasteiger partial charge in [0.1, 0.15) is 0 Å². The molecular formula is C8H18CoO. The smallest absolute Gasteiger partial charge is 0.0512 e. The van der Waals surface area contributed by atoms with Crippen molar-refractivity contribution in [2.24, 2.45) is 5.92 Å². The van der Waals surface area contributed by atoms with Gasteiger partial charge in [0.25, 0.3) is 0 Å². The molecular weight excluding hydrogens is 171 g/mol. The number of hydrogen-bond acceptors (Lipinski definition) is 1. The molecule has 2 heteroatoms. The normalized spacial score (nSPS) is 15.6. The maximum absolute atomic E-state index is 8.90. The molecule has 65 valence electrons. The summed E-state index contributed by atoms with van der Waals surface area (Å²) in [6, 6.07) is 0. The van der Waals surface area contributed by atoms with Crippen molar-refractivity contribution in [3.63, 3.8) is 0 Å². The summed E-state index contributed by atoms with van der Waals surface area (Å²) in [4.78, 5) is 0. The van der Waals surface area contributed by atoms with Crippen LogP contribution in [0.5, 0.6) is 0 Å². The van der Waals surface area contributed by atoms with Crippen molar-refractivity contribution in [1.82, 2.24) is 0 Å². The van der Waals surface area contributed by atoms with Crippen LogP contribution in [0.4, 0.5) is 0 Å². The molecule has 0 aliphatic rings. The summed E-state index contributed by atoms with van der Waals surface area (Å²) in [5, 5.41) is 8.90. The van der Waals surface area contributed by atoms with E-state index in [4.69, 9.17) is 5.11 Å². The molecule has 0 aromatic carbocycles. The summed E-state index contributed by atoms with van der Waals surface area (Å²) in [6.45, 7) is 6.26. The zero-order valence-corrected chi connectivity index (χ0v) is 8.10. The first-order chi connectivity index (χ1) is 4.16. The molecule has 0 aliphatic heterocycles. The van der Waals surface area contributed by atoms with Gasteiger partial charge in [0.15, 0.2) is 0 Å². The molecule has 0 amide bonds. The van der Waals surface area contributed by atoms with Crippen LogP contribution in [-0.2, 0) is 16.8 Å². The van der Waals surface area contributed by atoms with Crippen LogP contribution in [0.2, 0.25) is 0 Å². The third kappa shape index (κ3) is 8.47. The summed E-state index contributed by atoms with van der Waals surface area (Å²) >= 11 is 0. The summed E-state index contributed by atoms with van der Waals surface area (Å²) in [5.41, 5.74) is 0. The summed E-state index contributed by atoms with van der Waals surface area (Å²) in [5.74, 6) is 0.777. The van der Waals surface area contributed by atoms with Crippen molar-refractivity contribution in [1.29, 1.82) is 0 Å².